The summed E-state index contributed by atoms with van der Waals surface area (Å²) in [6.45, 7) is 3.69. The van der Waals surface area contributed by atoms with Gasteiger partial charge in [-0.1, -0.05) is 12.1 Å². The van der Waals surface area contributed by atoms with E-state index in [1.165, 1.54) is 24.1 Å². The number of methoxy groups -OCH3 is 1. The van der Waals surface area contributed by atoms with Gasteiger partial charge in [-0.25, -0.2) is 0 Å². The lowest BCUT2D eigenvalue weighted by Gasteiger charge is -2.27. The summed E-state index contributed by atoms with van der Waals surface area (Å²) in [5, 5.41) is 0. The Hall–Kier alpha value is -1.06. The molecule has 0 amide bonds. The van der Waals surface area contributed by atoms with E-state index in [0.29, 0.717) is 12.6 Å². The van der Waals surface area contributed by atoms with Gasteiger partial charge in [0.2, 0.25) is 0 Å². The molecule has 0 radical (unpaired) electrons. The molecule has 2 rings (SSSR count). The molecular weight excluding hydrogens is 212 g/mol. The molecule has 1 unspecified atom stereocenters. The highest BCUT2D eigenvalue weighted by molar-refractivity contribution is 5.49. The summed E-state index contributed by atoms with van der Waals surface area (Å²) in [7, 11) is 1.77. The van der Waals surface area contributed by atoms with E-state index >= 15 is 0 Å². The van der Waals surface area contributed by atoms with Gasteiger partial charge in [0.15, 0.2) is 0 Å². The number of hydrogen-bond donors (Lipinski definition) is 1. The Kier molecular flexibility index (Phi) is 4.02. The third kappa shape index (κ3) is 3.20. The van der Waals surface area contributed by atoms with Crippen molar-refractivity contribution in [2.45, 2.75) is 38.5 Å². The highest BCUT2D eigenvalue weighted by Crippen LogP contribution is 2.32. The summed E-state index contributed by atoms with van der Waals surface area (Å²) in [6.07, 6.45) is 2.87. The third-order valence-corrected chi connectivity index (χ3v) is 3.35. The minimum absolute atomic E-state index is 0.268. The van der Waals surface area contributed by atoms with Gasteiger partial charge >= 0.3 is 0 Å². The van der Waals surface area contributed by atoms with Crippen molar-refractivity contribution in [2.75, 3.05) is 18.6 Å². The molecule has 94 valence electrons. The van der Waals surface area contributed by atoms with Crippen LogP contribution in [0.5, 0.6) is 0 Å². The lowest BCUT2D eigenvalue weighted by molar-refractivity contribution is 0.123. The molecule has 1 aliphatic carbocycles. The predicted molar refractivity (Wildman–Crippen MR) is 71.2 cm³/mol. The van der Waals surface area contributed by atoms with Crippen LogP contribution in [-0.4, -0.2) is 25.8 Å². The summed E-state index contributed by atoms with van der Waals surface area (Å²) in [5.41, 5.74) is 8.09. The number of nitrogens with two attached hydrogens (primary N) is 1. The molecule has 0 saturated heterocycles. The molecule has 3 nitrogen and oxygen atoms in total. The largest absolute Gasteiger partial charge is 0.380 e. The molecule has 0 aliphatic heterocycles. The first-order valence-corrected chi connectivity index (χ1v) is 6.33. The second-order valence-corrected chi connectivity index (χ2v) is 4.80. The van der Waals surface area contributed by atoms with E-state index in [1.54, 1.807) is 7.11 Å². The normalized spacial score (nSPS) is 16.9. The van der Waals surface area contributed by atoms with E-state index in [1.807, 2.05) is 0 Å². The summed E-state index contributed by atoms with van der Waals surface area (Å²) >= 11 is 0. The Morgan fingerprint density at radius 2 is 2.00 bits per heavy atom. The molecule has 0 spiro atoms. The van der Waals surface area contributed by atoms with Crippen molar-refractivity contribution in [2.24, 2.45) is 5.73 Å². The van der Waals surface area contributed by atoms with E-state index in [-0.39, 0.29) is 6.10 Å². The smallest absolute Gasteiger partial charge is 0.0718 e. The lowest BCUT2D eigenvalue weighted by atomic mass is 10.2. The molecule has 0 aromatic heterocycles. The van der Waals surface area contributed by atoms with Gasteiger partial charge in [-0.3, -0.25) is 0 Å². The Balaban J connectivity index is 2.08. The van der Waals surface area contributed by atoms with Crippen LogP contribution in [-0.2, 0) is 11.3 Å². The maximum Gasteiger partial charge on any atom is 0.0718 e. The zero-order valence-corrected chi connectivity index (χ0v) is 10.7. The van der Waals surface area contributed by atoms with Crippen LogP contribution < -0.4 is 10.6 Å². The van der Waals surface area contributed by atoms with E-state index in [2.05, 4.69) is 36.1 Å². The van der Waals surface area contributed by atoms with Crippen LogP contribution >= 0.6 is 0 Å². The molecule has 17 heavy (non-hydrogen) atoms. The van der Waals surface area contributed by atoms with Gasteiger partial charge < -0.3 is 15.4 Å². The van der Waals surface area contributed by atoms with Crippen molar-refractivity contribution in [3.05, 3.63) is 29.8 Å². The summed E-state index contributed by atoms with van der Waals surface area (Å²) < 4.78 is 5.36. The SMILES string of the molecule is COC(C)CN(c1ccc(CN)cc1)C1CC1. The molecule has 1 aromatic carbocycles. The molecule has 1 atom stereocenters. The Morgan fingerprint density at radius 1 is 1.35 bits per heavy atom. The van der Waals surface area contributed by atoms with Gasteiger partial charge in [-0.05, 0) is 37.5 Å². The zero-order chi connectivity index (χ0) is 12.3. The van der Waals surface area contributed by atoms with Crippen LogP contribution in [0.1, 0.15) is 25.3 Å². The van der Waals surface area contributed by atoms with Crippen molar-refractivity contribution >= 4 is 5.69 Å². The number of ether oxygens (including phenoxy) is 1. The second kappa shape index (κ2) is 5.52. The lowest BCUT2D eigenvalue weighted by Crippen LogP contribution is -2.33. The van der Waals surface area contributed by atoms with Crippen LogP contribution in [0, 0.1) is 0 Å². The fourth-order valence-corrected chi connectivity index (χ4v) is 2.03. The molecule has 3 heteroatoms. The first-order valence-electron chi connectivity index (χ1n) is 6.33. The fourth-order valence-electron chi connectivity index (χ4n) is 2.03. The standard InChI is InChI=1S/C14H22N2O/c1-11(17-2)10-16(14-7-8-14)13-5-3-12(9-15)4-6-13/h3-6,11,14H,7-10,15H2,1-2H3. The Labute approximate surface area is 104 Å². The number of benzene rings is 1. The van der Waals surface area contributed by atoms with Crippen LogP contribution in [0.25, 0.3) is 0 Å². The number of rotatable bonds is 6. The van der Waals surface area contributed by atoms with E-state index in [0.717, 1.165) is 6.54 Å². The average Bonchev–Trinajstić information content (AvgIpc) is 3.20. The van der Waals surface area contributed by atoms with Gasteiger partial charge in [0, 0.05) is 31.9 Å². The van der Waals surface area contributed by atoms with E-state index in [4.69, 9.17) is 10.5 Å². The van der Waals surface area contributed by atoms with Crippen LogP contribution in [0.15, 0.2) is 24.3 Å². The maximum atomic E-state index is 5.62. The Bertz CT molecular complexity index is 346. The topological polar surface area (TPSA) is 38.5 Å². The third-order valence-electron chi connectivity index (χ3n) is 3.35. The highest BCUT2D eigenvalue weighted by Gasteiger charge is 2.30. The molecule has 1 aliphatic rings. The monoisotopic (exact) mass is 234 g/mol. The predicted octanol–water partition coefficient (Wildman–Crippen LogP) is 2.15. The number of hydrogen-bond acceptors (Lipinski definition) is 3. The van der Waals surface area contributed by atoms with Crippen LogP contribution in [0.3, 0.4) is 0 Å². The molecular formula is C14H22N2O. The number of anilines is 1. The van der Waals surface area contributed by atoms with Crippen LogP contribution in [0.4, 0.5) is 5.69 Å². The molecule has 1 fully saturated rings. The minimum atomic E-state index is 0.268. The average molecular weight is 234 g/mol. The second-order valence-electron chi connectivity index (χ2n) is 4.80. The fraction of sp³-hybridized carbons (Fsp3) is 0.571. The summed E-state index contributed by atoms with van der Waals surface area (Å²) in [5.74, 6) is 0. The van der Waals surface area contributed by atoms with Crippen molar-refractivity contribution in [1.29, 1.82) is 0 Å². The van der Waals surface area contributed by atoms with Gasteiger partial charge in [-0.15, -0.1) is 0 Å². The minimum Gasteiger partial charge on any atom is -0.380 e. The van der Waals surface area contributed by atoms with Crippen molar-refractivity contribution in [1.82, 2.24) is 0 Å². The van der Waals surface area contributed by atoms with Gasteiger partial charge in [0.1, 0.15) is 0 Å². The highest BCUT2D eigenvalue weighted by atomic mass is 16.5. The quantitative estimate of drug-likeness (QED) is 0.819. The number of nitrogens with zero attached hydrogens (tertiary/aromatic N) is 1. The molecule has 2 N–H and O–H groups in total. The zero-order valence-electron chi connectivity index (χ0n) is 10.7. The van der Waals surface area contributed by atoms with E-state index < -0.39 is 0 Å². The summed E-state index contributed by atoms with van der Waals surface area (Å²) in [4.78, 5) is 2.45. The molecule has 1 saturated carbocycles. The maximum absolute atomic E-state index is 5.62. The molecule has 0 bridgehead atoms. The van der Waals surface area contributed by atoms with Gasteiger partial charge in [0.25, 0.3) is 0 Å². The van der Waals surface area contributed by atoms with Crippen molar-refractivity contribution in [3.8, 4) is 0 Å². The molecule has 0 heterocycles. The Morgan fingerprint density at radius 3 is 2.47 bits per heavy atom. The van der Waals surface area contributed by atoms with Crippen molar-refractivity contribution in [3.63, 3.8) is 0 Å². The van der Waals surface area contributed by atoms with Crippen molar-refractivity contribution < 1.29 is 4.74 Å². The summed E-state index contributed by atoms with van der Waals surface area (Å²) in [6, 6.07) is 9.27. The van der Waals surface area contributed by atoms with E-state index in [9.17, 15) is 0 Å². The first kappa shape index (κ1) is 12.4. The van der Waals surface area contributed by atoms with Gasteiger partial charge in [0.05, 0.1) is 6.10 Å². The molecule has 1 aromatic rings. The van der Waals surface area contributed by atoms with Crippen LogP contribution in [0.2, 0.25) is 0 Å². The first-order chi connectivity index (χ1) is 8.24. The van der Waals surface area contributed by atoms with Gasteiger partial charge in [-0.2, -0.15) is 0 Å².